The van der Waals surface area contributed by atoms with E-state index in [-0.39, 0.29) is 5.91 Å². The molecule has 0 fully saturated rings. The molecule has 2 rings (SSSR count). The molecule has 0 spiro atoms. The van der Waals surface area contributed by atoms with Gasteiger partial charge in [0.2, 0.25) is 0 Å². The molecule has 1 heterocycles. The first-order valence-electron chi connectivity index (χ1n) is 6.63. The van der Waals surface area contributed by atoms with Crippen LogP contribution in [0.4, 0.5) is 0 Å². The normalized spacial score (nSPS) is 10.4. The molecule has 0 aliphatic heterocycles. The van der Waals surface area contributed by atoms with E-state index in [2.05, 4.69) is 22.5 Å². The van der Waals surface area contributed by atoms with Crippen molar-refractivity contribution in [2.24, 2.45) is 0 Å². The molecule has 1 amide bonds. The van der Waals surface area contributed by atoms with E-state index in [0.29, 0.717) is 18.7 Å². The third-order valence-corrected chi connectivity index (χ3v) is 3.04. The fourth-order valence-electron chi connectivity index (χ4n) is 2.12. The average Bonchev–Trinajstić information content (AvgIpc) is 2.83. The van der Waals surface area contributed by atoms with Crippen molar-refractivity contribution in [1.29, 1.82) is 0 Å². The minimum Gasteiger partial charge on any atom is -0.352 e. The molecule has 4 heteroatoms. The smallest absolute Gasteiger partial charge is 0.254 e. The molecule has 0 bridgehead atoms. The van der Waals surface area contributed by atoms with Gasteiger partial charge < -0.3 is 5.32 Å². The lowest BCUT2D eigenvalue weighted by atomic mass is 10.2. The van der Waals surface area contributed by atoms with Gasteiger partial charge in [0.25, 0.3) is 5.91 Å². The summed E-state index contributed by atoms with van der Waals surface area (Å²) in [5.41, 5.74) is 2.85. The van der Waals surface area contributed by atoms with Crippen LogP contribution in [0, 0.1) is 0 Å². The SMILES string of the molecule is CCNC(=O)c1cnn(Cc2ccccc2)c1CC. The van der Waals surface area contributed by atoms with Crippen molar-refractivity contribution in [1.82, 2.24) is 15.1 Å². The van der Waals surface area contributed by atoms with Crippen LogP contribution in [0.5, 0.6) is 0 Å². The first-order chi connectivity index (χ1) is 9.26. The molecule has 0 aliphatic carbocycles. The van der Waals surface area contributed by atoms with E-state index in [1.165, 1.54) is 5.56 Å². The lowest BCUT2D eigenvalue weighted by molar-refractivity contribution is 0.0955. The minimum absolute atomic E-state index is 0.0429. The number of aromatic nitrogens is 2. The Bertz CT molecular complexity index is 546. The number of benzene rings is 1. The average molecular weight is 257 g/mol. The summed E-state index contributed by atoms with van der Waals surface area (Å²) in [4.78, 5) is 11.9. The molecule has 0 atom stereocenters. The molecule has 4 nitrogen and oxygen atoms in total. The van der Waals surface area contributed by atoms with Crippen LogP contribution < -0.4 is 5.32 Å². The van der Waals surface area contributed by atoms with Crippen LogP contribution in [-0.4, -0.2) is 22.2 Å². The van der Waals surface area contributed by atoms with Crippen LogP contribution in [0.25, 0.3) is 0 Å². The van der Waals surface area contributed by atoms with Crippen molar-refractivity contribution in [3.63, 3.8) is 0 Å². The zero-order valence-corrected chi connectivity index (χ0v) is 11.4. The summed E-state index contributed by atoms with van der Waals surface area (Å²) < 4.78 is 1.90. The van der Waals surface area contributed by atoms with Crippen LogP contribution in [-0.2, 0) is 13.0 Å². The summed E-state index contributed by atoms with van der Waals surface area (Å²) in [5.74, 6) is -0.0429. The molecule has 0 saturated carbocycles. The van der Waals surface area contributed by atoms with Crippen LogP contribution in [0.3, 0.4) is 0 Å². The van der Waals surface area contributed by atoms with E-state index >= 15 is 0 Å². The van der Waals surface area contributed by atoms with Gasteiger partial charge in [-0.25, -0.2) is 0 Å². The van der Waals surface area contributed by atoms with Gasteiger partial charge in [-0.05, 0) is 18.9 Å². The summed E-state index contributed by atoms with van der Waals surface area (Å²) in [6.07, 6.45) is 2.45. The first-order valence-corrected chi connectivity index (χ1v) is 6.63. The van der Waals surface area contributed by atoms with Gasteiger partial charge in [0.15, 0.2) is 0 Å². The fourth-order valence-corrected chi connectivity index (χ4v) is 2.12. The Balaban J connectivity index is 2.25. The monoisotopic (exact) mass is 257 g/mol. The maximum atomic E-state index is 11.9. The van der Waals surface area contributed by atoms with Gasteiger partial charge in [-0.15, -0.1) is 0 Å². The zero-order valence-electron chi connectivity index (χ0n) is 11.4. The Morgan fingerprint density at radius 3 is 2.63 bits per heavy atom. The predicted molar refractivity (Wildman–Crippen MR) is 75.2 cm³/mol. The molecule has 0 unspecified atom stereocenters. The molecule has 1 aromatic carbocycles. The number of nitrogens with one attached hydrogen (secondary N) is 1. The van der Waals surface area contributed by atoms with Crippen molar-refractivity contribution < 1.29 is 4.79 Å². The van der Waals surface area contributed by atoms with Crippen LogP contribution in [0.2, 0.25) is 0 Å². The van der Waals surface area contributed by atoms with Crippen molar-refractivity contribution >= 4 is 5.91 Å². The van der Waals surface area contributed by atoms with Gasteiger partial charge in [0, 0.05) is 6.54 Å². The molecule has 0 saturated heterocycles. The second-order valence-electron chi connectivity index (χ2n) is 4.36. The Morgan fingerprint density at radius 2 is 2.00 bits per heavy atom. The highest BCUT2D eigenvalue weighted by Gasteiger charge is 2.15. The van der Waals surface area contributed by atoms with E-state index in [0.717, 1.165) is 12.1 Å². The molecule has 19 heavy (non-hydrogen) atoms. The Labute approximate surface area is 113 Å². The second-order valence-corrected chi connectivity index (χ2v) is 4.36. The number of amides is 1. The highest BCUT2D eigenvalue weighted by molar-refractivity contribution is 5.95. The summed E-state index contributed by atoms with van der Waals surface area (Å²) in [5, 5.41) is 7.16. The highest BCUT2D eigenvalue weighted by Crippen LogP contribution is 2.12. The van der Waals surface area contributed by atoms with Crippen molar-refractivity contribution in [3.05, 3.63) is 53.3 Å². The van der Waals surface area contributed by atoms with Gasteiger partial charge in [0.1, 0.15) is 0 Å². The molecule has 1 aromatic heterocycles. The first kappa shape index (κ1) is 13.3. The molecular formula is C15H19N3O. The molecule has 0 radical (unpaired) electrons. The minimum atomic E-state index is -0.0429. The maximum absolute atomic E-state index is 11.9. The summed E-state index contributed by atoms with van der Waals surface area (Å²) >= 11 is 0. The topological polar surface area (TPSA) is 46.9 Å². The largest absolute Gasteiger partial charge is 0.352 e. The fraction of sp³-hybridized carbons (Fsp3) is 0.333. The molecule has 2 aromatic rings. The lowest BCUT2D eigenvalue weighted by Gasteiger charge is -2.08. The molecule has 0 aliphatic rings. The van der Waals surface area contributed by atoms with Crippen molar-refractivity contribution in [2.45, 2.75) is 26.8 Å². The van der Waals surface area contributed by atoms with Gasteiger partial charge in [-0.1, -0.05) is 37.3 Å². The van der Waals surface area contributed by atoms with E-state index in [9.17, 15) is 4.79 Å². The number of hydrogen-bond donors (Lipinski definition) is 1. The number of rotatable bonds is 5. The van der Waals surface area contributed by atoms with Gasteiger partial charge in [-0.2, -0.15) is 5.10 Å². The Kier molecular flexibility index (Phi) is 4.34. The quantitative estimate of drug-likeness (QED) is 0.893. The van der Waals surface area contributed by atoms with Crippen LogP contribution in [0.15, 0.2) is 36.5 Å². The second kappa shape index (κ2) is 6.18. The summed E-state index contributed by atoms with van der Waals surface area (Å²) in [6, 6.07) is 10.1. The Morgan fingerprint density at radius 1 is 1.26 bits per heavy atom. The van der Waals surface area contributed by atoms with Crippen molar-refractivity contribution in [2.75, 3.05) is 6.54 Å². The maximum Gasteiger partial charge on any atom is 0.254 e. The number of hydrogen-bond acceptors (Lipinski definition) is 2. The standard InChI is InChI=1S/C15H19N3O/c1-3-14-13(15(19)16-4-2)10-17-18(14)11-12-8-6-5-7-9-12/h5-10H,3-4,11H2,1-2H3,(H,16,19). The van der Waals surface area contributed by atoms with Gasteiger partial charge >= 0.3 is 0 Å². The van der Waals surface area contributed by atoms with Crippen LogP contribution in [0.1, 0.15) is 35.5 Å². The molecule has 100 valence electrons. The number of nitrogens with zero attached hydrogens (tertiary/aromatic N) is 2. The third-order valence-electron chi connectivity index (χ3n) is 3.04. The predicted octanol–water partition coefficient (Wildman–Crippen LogP) is 2.24. The number of carbonyl (C=O) groups excluding carboxylic acids is 1. The molecular weight excluding hydrogens is 238 g/mol. The Hall–Kier alpha value is -2.10. The van der Waals surface area contributed by atoms with E-state index in [1.807, 2.05) is 36.7 Å². The zero-order chi connectivity index (χ0) is 13.7. The van der Waals surface area contributed by atoms with Crippen LogP contribution >= 0.6 is 0 Å². The number of carbonyl (C=O) groups is 1. The molecule has 1 N–H and O–H groups in total. The van der Waals surface area contributed by atoms with Gasteiger partial charge in [-0.3, -0.25) is 9.48 Å². The highest BCUT2D eigenvalue weighted by atomic mass is 16.1. The van der Waals surface area contributed by atoms with E-state index in [4.69, 9.17) is 0 Å². The van der Waals surface area contributed by atoms with Gasteiger partial charge in [0.05, 0.1) is 24.0 Å². The lowest BCUT2D eigenvalue weighted by Crippen LogP contribution is -2.23. The van der Waals surface area contributed by atoms with Crippen molar-refractivity contribution in [3.8, 4) is 0 Å². The summed E-state index contributed by atoms with van der Waals surface area (Å²) in [7, 11) is 0. The van der Waals surface area contributed by atoms with E-state index in [1.54, 1.807) is 6.20 Å². The van der Waals surface area contributed by atoms with E-state index < -0.39 is 0 Å². The summed E-state index contributed by atoms with van der Waals surface area (Å²) in [6.45, 7) is 5.29. The third kappa shape index (κ3) is 3.02.